The normalized spacial score (nSPS) is 16.9. The molecule has 4 rings (SSSR count). The molecule has 4 nitrogen and oxygen atoms in total. The first-order chi connectivity index (χ1) is 18.2. The molecule has 0 unspecified atom stereocenters. The molecule has 0 aliphatic carbocycles. The molecule has 1 aromatic carbocycles. The van der Waals surface area contributed by atoms with Gasteiger partial charge < -0.3 is 25.0 Å². The third-order valence-corrected chi connectivity index (χ3v) is 13.1. The fraction of sp³-hybridized carbons (Fsp3) is 0.794. The SMILES string of the molecule is C1CCOC1.C1CCOC1.C1CCOC1.C[Si](C)(C)[CH-][Si](C)(C)C.Cc1cc(C(C)(C)C)c(O)c(C(C)(C)C)c1.[Yb]. The van der Waals surface area contributed by atoms with E-state index < -0.39 is 16.1 Å². The number of rotatable bonds is 2. The molecule has 0 spiro atoms. The van der Waals surface area contributed by atoms with E-state index in [0.29, 0.717) is 5.75 Å². The Morgan fingerprint density at radius 2 is 0.829 bits per heavy atom. The Hall–Kier alpha value is 0.853. The zero-order chi connectivity index (χ0) is 31.0. The van der Waals surface area contributed by atoms with Gasteiger partial charge in [-0.2, -0.15) is 0 Å². The molecule has 250 valence electrons. The van der Waals surface area contributed by atoms with Crippen LogP contribution >= 0.6 is 0 Å². The zero-order valence-corrected chi connectivity index (χ0v) is 32.9. The number of phenols is 1. The Morgan fingerprint density at radius 3 is 0.951 bits per heavy atom. The second kappa shape index (κ2) is 21.6. The largest absolute Gasteiger partial charge is 0.507 e. The smallest absolute Gasteiger partial charge is 0.123 e. The standard InChI is InChI=1S/C15H24O.C7H19Si2.3C4H8O.Yb/c1-10-8-11(14(2,3)4)13(16)12(9-10)15(5,6)7;1-8(2,3)7-9(4,5)6;3*1-2-4-5-3-1;/h8-9,16H,1-7H3;7H,1-6H3;3*1-4H2;/q;-1;;;;. The van der Waals surface area contributed by atoms with E-state index >= 15 is 0 Å². The van der Waals surface area contributed by atoms with Crippen molar-refractivity contribution in [3.05, 3.63) is 34.5 Å². The Labute approximate surface area is 296 Å². The van der Waals surface area contributed by atoms with Gasteiger partial charge in [0.25, 0.3) is 0 Å². The van der Waals surface area contributed by atoms with E-state index in [0.717, 1.165) is 50.8 Å². The predicted octanol–water partition coefficient (Wildman–Crippen LogP) is 9.63. The van der Waals surface area contributed by atoms with Crippen molar-refractivity contribution < 1.29 is 66.2 Å². The molecule has 3 aliphatic rings. The van der Waals surface area contributed by atoms with Crippen LogP contribution in [0.4, 0.5) is 0 Å². The van der Waals surface area contributed by atoms with E-state index in [2.05, 4.69) is 106 Å². The van der Waals surface area contributed by atoms with Crippen LogP contribution < -0.4 is 0 Å². The molecule has 0 aromatic heterocycles. The molecule has 0 bridgehead atoms. The van der Waals surface area contributed by atoms with Crippen LogP contribution in [0, 0.1) is 59.5 Å². The number of hydrogen-bond acceptors (Lipinski definition) is 4. The Morgan fingerprint density at radius 1 is 0.585 bits per heavy atom. The minimum Gasteiger partial charge on any atom is -0.507 e. The van der Waals surface area contributed by atoms with Gasteiger partial charge in [-0.05, 0) is 67.4 Å². The molecule has 7 heteroatoms. The summed E-state index contributed by atoms with van der Waals surface area (Å²) in [6, 6.07) is 4.18. The van der Waals surface area contributed by atoms with E-state index in [4.69, 9.17) is 14.2 Å². The molecular formula is C34H67O4Si2Yb-. The van der Waals surface area contributed by atoms with Crippen LogP contribution in [0.3, 0.4) is 0 Å². The van der Waals surface area contributed by atoms with Crippen molar-refractivity contribution in [2.75, 3.05) is 39.6 Å². The van der Waals surface area contributed by atoms with Gasteiger partial charge in [-0.15, -0.1) is 16.1 Å². The molecule has 3 heterocycles. The van der Waals surface area contributed by atoms with Gasteiger partial charge >= 0.3 is 0 Å². The topological polar surface area (TPSA) is 47.9 Å². The summed E-state index contributed by atoms with van der Waals surface area (Å²) in [7, 11) is -1.71. The van der Waals surface area contributed by atoms with E-state index in [1.807, 2.05) is 0 Å². The predicted molar refractivity (Wildman–Crippen MR) is 181 cm³/mol. The summed E-state index contributed by atoms with van der Waals surface area (Å²) in [5, 5.41) is 10.4. The zero-order valence-electron chi connectivity index (χ0n) is 29.2. The molecular weight excluding hydrogens is 702 g/mol. The number of hydrogen-bond donors (Lipinski definition) is 1. The van der Waals surface area contributed by atoms with Crippen LogP contribution in [-0.2, 0) is 25.0 Å². The number of ether oxygens (including phenoxy) is 3. The summed E-state index contributed by atoms with van der Waals surface area (Å²) in [6.45, 7) is 35.3. The van der Waals surface area contributed by atoms with Gasteiger partial charge in [-0.25, -0.2) is 0 Å². The van der Waals surface area contributed by atoms with E-state index in [-0.39, 0.29) is 57.8 Å². The summed E-state index contributed by atoms with van der Waals surface area (Å²) >= 11 is 0. The molecule has 0 radical (unpaired) electrons. The average molecular weight is 769 g/mol. The summed E-state index contributed by atoms with van der Waals surface area (Å²) in [4.78, 5) is 0. The maximum atomic E-state index is 10.4. The van der Waals surface area contributed by atoms with Crippen molar-refractivity contribution >= 4 is 16.1 Å². The number of phenolic OH excluding ortho intramolecular Hbond substituents is 1. The third kappa shape index (κ3) is 24.8. The summed E-state index contributed by atoms with van der Waals surface area (Å²) < 4.78 is 14.8. The second-order valence-corrected chi connectivity index (χ2v) is 26.2. The van der Waals surface area contributed by atoms with Crippen LogP contribution in [0.15, 0.2) is 12.1 Å². The first kappa shape index (κ1) is 44.0. The molecule has 1 aromatic rings. The molecule has 0 atom stereocenters. The second-order valence-electron chi connectivity index (χ2n) is 15.5. The number of aromatic hydroxyl groups is 1. The Kier molecular flexibility index (Phi) is 23.1. The number of aryl methyl sites for hydroxylation is 1. The molecule has 41 heavy (non-hydrogen) atoms. The van der Waals surface area contributed by atoms with Gasteiger partial charge in [0, 0.05) is 86.6 Å². The monoisotopic (exact) mass is 769 g/mol. The average Bonchev–Trinajstić information content (AvgIpc) is 3.59. The van der Waals surface area contributed by atoms with Crippen molar-refractivity contribution in [3.63, 3.8) is 0 Å². The van der Waals surface area contributed by atoms with Gasteiger partial charge in [0.2, 0.25) is 0 Å². The molecule has 1 N–H and O–H groups in total. The van der Waals surface area contributed by atoms with Gasteiger partial charge in [0.1, 0.15) is 5.75 Å². The molecule has 3 saturated heterocycles. The maximum Gasteiger partial charge on any atom is 0.123 e. The Balaban J connectivity index is 0. The Bertz CT molecular complexity index is 697. The van der Waals surface area contributed by atoms with Crippen LogP contribution in [0.2, 0.25) is 39.3 Å². The molecule has 3 fully saturated rings. The molecule has 0 saturated carbocycles. The third-order valence-electron chi connectivity index (χ3n) is 6.22. The van der Waals surface area contributed by atoms with Gasteiger partial charge in [-0.1, -0.05) is 98.5 Å². The van der Waals surface area contributed by atoms with Crippen molar-refractivity contribution in [1.82, 2.24) is 0 Å². The molecule has 0 amide bonds. The van der Waals surface area contributed by atoms with Crippen molar-refractivity contribution in [3.8, 4) is 5.75 Å². The minimum absolute atomic E-state index is 0. The fourth-order valence-electron chi connectivity index (χ4n) is 4.75. The van der Waals surface area contributed by atoms with Gasteiger partial charge in [0.15, 0.2) is 0 Å². The fourth-order valence-corrected chi connectivity index (χ4v) is 15.1. The summed E-state index contributed by atoms with van der Waals surface area (Å²) in [5.41, 5.74) is 5.91. The van der Waals surface area contributed by atoms with Crippen molar-refractivity contribution in [2.45, 2.75) is 137 Å². The first-order valence-corrected chi connectivity index (χ1v) is 22.8. The van der Waals surface area contributed by atoms with Crippen molar-refractivity contribution in [1.29, 1.82) is 0 Å². The van der Waals surface area contributed by atoms with E-state index in [9.17, 15) is 5.11 Å². The minimum atomic E-state index is -0.856. The van der Waals surface area contributed by atoms with Crippen LogP contribution in [0.5, 0.6) is 5.75 Å². The maximum absolute atomic E-state index is 10.4. The summed E-state index contributed by atoms with van der Waals surface area (Å²) in [5.74, 6) is 0.464. The van der Waals surface area contributed by atoms with Crippen LogP contribution in [-0.4, -0.2) is 60.9 Å². The van der Waals surface area contributed by atoms with Crippen LogP contribution in [0.25, 0.3) is 0 Å². The van der Waals surface area contributed by atoms with Crippen LogP contribution in [0.1, 0.15) is 96.8 Å². The molecule has 3 aliphatic heterocycles. The first-order valence-electron chi connectivity index (χ1n) is 15.7. The van der Waals surface area contributed by atoms with Gasteiger partial charge in [0.05, 0.1) is 0 Å². The quantitative estimate of drug-likeness (QED) is 0.241. The van der Waals surface area contributed by atoms with Crippen molar-refractivity contribution in [2.24, 2.45) is 0 Å². The number of benzene rings is 1. The van der Waals surface area contributed by atoms with E-state index in [1.54, 1.807) is 0 Å². The van der Waals surface area contributed by atoms with E-state index in [1.165, 1.54) is 44.1 Å². The van der Waals surface area contributed by atoms with Gasteiger partial charge in [-0.3, -0.25) is 0 Å². The summed E-state index contributed by atoms with van der Waals surface area (Å²) in [6.07, 6.45) is 7.67.